The van der Waals surface area contributed by atoms with Gasteiger partial charge in [0.05, 0.1) is 38.9 Å². The Balaban J connectivity index is 1.57. The van der Waals surface area contributed by atoms with Gasteiger partial charge in [-0.1, -0.05) is 0 Å². The molecule has 0 bridgehead atoms. The summed E-state index contributed by atoms with van der Waals surface area (Å²) in [5, 5.41) is 10.2. The lowest BCUT2D eigenvalue weighted by atomic mass is 10.2. The van der Waals surface area contributed by atoms with Crippen molar-refractivity contribution >= 4 is 24.9 Å². The number of imidazole rings is 1. The summed E-state index contributed by atoms with van der Waals surface area (Å²) in [5.74, 6) is -0.0866. The molecule has 1 aliphatic heterocycles. The number of hydrogen-bond acceptors (Lipinski definition) is 11. The minimum absolute atomic E-state index is 0.0714. The fourth-order valence-electron chi connectivity index (χ4n) is 2.79. The topological polar surface area (TPSA) is 210 Å². The molecule has 0 spiro atoms. The van der Waals surface area contributed by atoms with Gasteiger partial charge in [0.2, 0.25) is 5.95 Å². The number of nitrogens with two attached hydrogens (primary N) is 2. The molecule has 1 unspecified atom stereocenters. The summed E-state index contributed by atoms with van der Waals surface area (Å²) in [7, 11) is -4.35. The number of H-pyrrole nitrogens is 1. The van der Waals surface area contributed by atoms with Crippen molar-refractivity contribution < 1.29 is 33.1 Å². The predicted molar refractivity (Wildman–Crippen MR) is 98.7 cm³/mol. The van der Waals surface area contributed by atoms with E-state index in [0.29, 0.717) is 13.2 Å². The maximum absolute atomic E-state index is 11.9. The smallest absolute Gasteiger partial charge is 0.390 e. The van der Waals surface area contributed by atoms with Crippen LogP contribution in [-0.2, 0) is 23.1 Å². The van der Waals surface area contributed by atoms with E-state index >= 15 is 0 Å². The highest BCUT2D eigenvalue weighted by Crippen LogP contribution is 2.44. The number of aromatic amines is 1. The molecule has 1 fully saturated rings. The van der Waals surface area contributed by atoms with Crippen LogP contribution in [0.1, 0.15) is 12.6 Å². The van der Waals surface area contributed by atoms with Gasteiger partial charge in [0.25, 0.3) is 5.56 Å². The first kappa shape index (κ1) is 21.8. The van der Waals surface area contributed by atoms with Crippen molar-refractivity contribution in [3.8, 4) is 0 Å². The highest BCUT2D eigenvalue weighted by atomic mass is 31.2. The predicted octanol–water partition coefficient (Wildman–Crippen LogP) is -1.54. The zero-order valence-electron chi connectivity index (χ0n) is 15.3. The van der Waals surface area contributed by atoms with E-state index in [0.717, 1.165) is 0 Å². The SMILES string of the molecule is NCCOCCOP(=O)(O)OC[C@H]1O[C@@H](n2cnc3c(=O)[nH]c(N)nc32)C[C@@H]1O. The summed E-state index contributed by atoms with van der Waals surface area (Å²) >= 11 is 0. The number of aliphatic hydroxyl groups is 1. The molecule has 2 aromatic rings. The number of phosphoric ester groups is 1. The van der Waals surface area contributed by atoms with Crippen molar-refractivity contribution in [2.75, 3.05) is 38.7 Å². The van der Waals surface area contributed by atoms with E-state index in [-0.39, 0.29) is 36.7 Å². The van der Waals surface area contributed by atoms with Crippen LogP contribution in [0.5, 0.6) is 0 Å². The Labute approximate surface area is 164 Å². The summed E-state index contributed by atoms with van der Waals surface area (Å²) in [6, 6.07) is 0. The van der Waals surface area contributed by atoms with Gasteiger partial charge in [-0.05, 0) is 0 Å². The number of rotatable bonds is 10. The van der Waals surface area contributed by atoms with Crippen LogP contribution in [0.25, 0.3) is 11.2 Å². The number of nitrogen functional groups attached to an aromatic ring is 1. The second kappa shape index (κ2) is 9.28. The molecule has 0 aromatic carbocycles. The molecule has 0 aliphatic carbocycles. The fraction of sp³-hybridized carbons (Fsp3) is 0.643. The quantitative estimate of drug-likeness (QED) is 0.213. The number of aromatic nitrogens is 4. The van der Waals surface area contributed by atoms with Crippen LogP contribution in [0.2, 0.25) is 0 Å². The Morgan fingerprint density at radius 2 is 2.17 bits per heavy atom. The number of ether oxygens (including phenoxy) is 2. The highest BCUT2D eigenvalue weighted by molar-refractivity contribution is 7.47. The van der Waals surface area contributed by atoms with Crippen LogP contribution in [0.15, 0.2) is 11.1 Å². The van der Waals surface area contributed by atoms with E-state index in [9.17, 15) is 19.4 Å². The Bertz CT molecular complexity index is 934. The molecule has 0 saturated carbocycles. The maximum Gasteiger partial charge on any atom is 0.472 e. The van der Waals surface area contributed by atoms with Crippen LogP contribution in [0, 0.1) is 0 Å². The molecule has 162 valence electrons. The van der Waals surface area contributed by atoms with Gasteiger partial charge in [0.1, 0.15) is 12.3 Å². The molecule has 3 heterocycles. The molecule has 4 atom stereocenters. The van der Waals surface area contributed by atoms with E-state index in [1.807, 2.05) is 0 Å². The van der Waals surface area contributed by atoms with Crippen LogP contribution < -0.4 is 17.0 Å². The standard InChI is InChI=1S/C14H23N6O8P/c15-1-2-25-3-4-26-29(23,24)27-6-9-8(21)5-10(28-9)20-7-17-11-12(20)18-14(16)19-13(11)22/h7-10,21H,1-6,15H2,(H,23,24)(H3,16,18,19,22)/t8-,9+,10+/m0/s1. The lowest BCUT2D eigenvalue weighted by Gasteiger charge is -2.18. The number of anilines is 1. The normalized spacial score (nSPS) is 24.2. The molecule has 0 radical (unpaired) electrons. The average Bonchev–Trinajstić information content (AvgIpc) is 3.23. The molecule has 14 nitrogen and oxygen atoms in total. The Kier molecular flexibility index (Phi) is 6.97. The van der Waals surface area contributed by atoms with Crippen molar-refractivity contribution in [1.29, 1.82) is 0 Å². The molecular formula is C14H23N6O8P. The highest BCUT2D eigenvalue weighted by Gasteiger charge is 2.38. The molecule has 7 N–H and O–H groups in total. The van der Waals surface area contributed by atoms with Crippen LogP contribution in [-0.4, -0.2) is 74.7 Å². The summed E-state index contributed by atoms with van der Waals surface area (Å²) in [6.07, 6.45) is -1.16. The van der Waals surface area contributed by atoms with Gasteiger partial charge in [-0.25, -0.2) is 9.55 Å². The third kappa shape index (κ3) is 5.38. The van der Waals surface area contributed by atoms with Gasteiger partial charge in [-0.15, -0.1) is 0 Å². The van der Waals surface area contributed by atoms with Gasteiger partial charge in [-0.2, -0.15) is 4.98 Å². The van der Waals surface area contributed by atoms with Crippen molar-refractivity contribution in [2.45, 2.75) is 24.9 Å². The third-order valence-corrected chi connectivity index (χ3v) is 5.10. The maximum atomic E-state index is 11.9. The lowest BCUT2D eigenvalue weighted by Crippen LogP contribution is -2.26. The van der Waals surface area contributed by atoms with Crippen LogP contribution >= 0.6 is 7.82 Å². The van der Waals surface area contributed by atoms with E-state index in [2.05, 4.69) is 15.0 Å². The number of fused-ring (bicyclic) bond motifs is 1. The summed E-state index contributed by atoms with van der Waals surface area (Å²) < 4.78 is 33.7. The number of nitrogens with one attached hydrogen (secondary N) is 1. The van der Waals surface area contributed by atoms with Crippen LogP contribution in [0.3, 0.4) is 0 Å². The summed E-state index contributed by atoms with van der Waals surface area (Å²) in [4.78, 5) is 31.9. The van der Waals surface area contributed by atoms with Crippen molar-refractivity contribution in [2.24, 2.45) is 5.73 Å². The van der Waals surface area contributed by atoms with E-state index in [1.165, 1.54) is 10.9 Å². The third-order valence-electron chi connectivity index (χ3n) is 4.11. The molecule has 29 heavy (non-hydrogen) atoms. The first-order chi connectivity index (χ1) is 13.8. The van der Waals surface area contributed by atoms with Crippen molar-refractivity contribution in [3.05, 3.63) is 16.7 Å². The second-order valence-corrected chi connectivity index (χ2v) is 7.66. The first-order valence-electron chi connectivity index (χ1n) is 8.76. The fourth-order valence-corrected chi connectivity index (χ4v) is 3.51. The summed E-state index contributed by atoms with van der Waals surface area (Å²) in [5.41, 5.74) is 10.6. The van der Waals surface area contributed by atoms with Gasteiger partial charge in [0.15, 0.2) is 11.2 Å². The molecule has 0 amide bonds. The number of nitrogens with zero attached hydrogens (tertiary/aromatic N) is 3. The monoisotopic (exact) mass is 434 g/mol. The molecule has 3 rings (SSSR count). The zero-order valence-corrected chi connectivity index (χ0v) is 16.2. The lowest BCUT2D eigenvalue weighted by molar-refractivity contribution is -0.0445. The van der Waals surface area contributed by atoms with Crippen LogP contribution in [0.4, 0.5) is 5.95 Å². The Morgan fingerprint density at radius 3 is 2.93 bits per heavy atom. The molecule has 1 saturated heterocycles. The molecule has 2 aromatic heterocycles. The minimum Gasteiger partial charge on any atom is -0.390 e. The zero-order chi connectivity index (χ0) is 21.0. The Hall–Kier alpha value is -1.90. The van der Waals surface area contributed by atoms with Gasteiger partial charge in [0, 0.05) is 13.0 Å². The first-order valence-corrected chi connectivity index (χ1v) is 10.3. The van der Waals surface area contributed by atoms with Gasteiger partial charge >= 0.3 is 7.82 Å². The second-order valence-electron chi connectivity index (χ2n) is 6.21. The molecular weight excluding hydrogens is 411 g/mol. The summed E-state index contributed by atoms with van der Waals surface area (Å²) in [6.45, 7) is 0.163. The average molecular weight is 434 g/mol. The molecule has 15 heteroatoms. The van der Waals surface area contributed by atoms with E-state index < -0.39 is 38.4 Å². The number of phosphoric acid groups is 1. The number of aliphatic hydroxyl groups excluding tert-OH is 1. The largest absolute Gasteiger partial charge is 0.472 e. The van der Waals surface area contributed by atoms with E-state index in [4.69, 9.17) is 30.0 Å². The van der Waals surface area contributed by atoms with Crippen molar-refractivity contribution in [3.63, 3.8) is 0 Å². The molecule has 1 aliphatic rings. The van der Waals surface area contributed by atoms with E-state index in [1.54, 1.807) is 0 Å². The van der Waals surface area contributed by atoms with Gasteiger partial charge in [-0.3, -0.25) is 23.4 Å². The van der Waals surface area contributed by atoms with Crippen molar-refractivity contribution in [1.82, 2.24) is 19.5 Å². The Morgan fingerprint density at radius 1 is 1.38 bits per heavy atom. The van der Waals surface area contributed by atoms with Gasteiger partial charge < -0.3 is 30.9 Å². The minimum atomic E-state index is -4.35. The number of hydrogen-bond donors (Lipinski definition) is 5.